The number of anilines is 2. The molecule has 0 aliphatic rings. The Morgan fingerprint density at radius 1 is 0.636 bits per heavy atom. The summed E-state index contributed by atoms with van der Waals surface area (Å²) in [5.74, 6) is 0. The van der Waals surface area contributed by atoms with Crippen LogP contribution in [-0.4, -0.2) is 36.1 Å². The number of nitrogens with two attached hydrogens (primary N) is 2. The minimum atomic E-state index is 0. The minimum absolute atomic E-state index is 0. The number of aromatic nitrogens is 2. The van der Waals surface area contributed by atoms with Crippen LogP contribution in [0.5, 0.6) is 0 Å². The summed E-state index contributed by atoms with van der Waals surface area (Å²) in [5.41, 5.74) is 17.6. The number of fused-ring (bicyclic) bond motifs is 5. The molecular weight excluding hydrogens is 432 g/mol. The highest BCUT2D eigenvalue weighted by Gasteiger charge is 2.13. The number of halogens is 1. The van der Waals surface area contributed by atoms with Crippen molar-refractivity contribution in [3.8, 4) is 0 Å². The van der Waals surface area contributed by atoms with Crippen molar-refractivity contribution in [2.45, 2.75) is 39.5 Å². The third kappa shape index (κ3) is 5.46. The molecule has 6 nitrogen and oxygen atoms in total. The Morgan fingerprint density at radius 2 is 1.03 bits per heavy atom. The Kier molecular flexibility index (Phi) is 8.67. The van der Waals surface area contributed by atoms with Crippen LogP contribution in [-0.2, 0) is 0 Å². The number of rotatable bonds is 10. The van der Waals surface area contributed by atoms with Crippen LogP contribution >= 0.6 is 12.4 Å². The van der Waals surface area contributed by atoms with Gasteiger partial charge in [0, 0.05) is 57.4 Å². The summed E-state index contributed by atoms with van der Waals surface area (Å²) < 4.78 is 0. The van der Waals surface area contributed by atoms with E-state index in [9.17, 15) is 0 Å². The van der Waals surface area contributed by atoms with Crippen molar-refractivity contribution in [1.29, 1.82) is 0 Å². The molecule has 0 aliphatic carbocycles. The van der Waals surface area contributed by atoms with Crippen LogP contribution < -0.4 is 22.1 Å². The molecule has 2 aromatic carbocycles. The van der Waals surface area contributed by atoms with Crippen molar-refractivity contribution in [3.05, 3.63) is 47.8 Å². The van der Waals surface area contributed by atoms with E-state index in [1.165, 1.54) is 0 Å². The van der Waals surface area contributed by atoms with Crippen LogP contribution in [0.25, 0.3) is 32.6 Å². The largest absolute Gasteiger partial charge is 0.384 e. The van der Waals surface area contributed by atoms with E-state index in [-0.39, 0.29) is 12.4 Å². The second kappa shape index (κ2) is 11.5. The van der Waals surface area contributed by atoms with Crippen LogP contribution in [0.4, 0.5) is 11.4 Å². The zero-order valence-electron chi connectivity index (χ0n) is 19.6. The first-order chi connectivity index (χ1) is 15.6. The number of unbranched alkanes of at least 4 members (excludes halogenated alkanes) is 2. The highest BCUT2D eigenvalue weighted by atomic mass is 35.5. The molecule has 0 aliphatic heterocycles. The van der Waals surface area contributed by atoms with E-state index < -0.39 is 0 Å². The maximum absolute atomic E-state index is 5.64. The summed E-state index contributed by atoms with van der Waals surface area (Å²) in [6, 6.07) is 13.0. The van der Waals surface area contributed by atoms with Crippen LogP contribution in [0.1, 0.15) is 37.1 Å². The molecule has 4 aromatic rings. The molecule has 0 radical (unpaired) electrons. The summed E-state index contributed by atoms with van der Waals surface area (Å²) in [5, 5.41) is 11.7. The van der Waals surface area contributed by atoms with E-state index in [4.69, 9.17) is 21.4 Å². The number of nitrogens with zero attached hydrogens (tertiary/aromatic N) is 2. The number of hydrogen-bond donors (Lipinski definition) is 4. The Labute approximate surface area is 201 Å². The molecular formula is C26H35ClN6. The average Bonchev–Trinajstić information content (AvgIpc) is 2.78. The van der Waals surface area contributed by atoms with Gasteiger partial charge in [0.05, 0.1) is 11.0 Å². The first-order valence-corrected chi connectivity index (χ1v) is 11.6. The van der Waals surface area contributed by atoms with Gasteiger partial charge in [-0.15, -0.1) is 12.4 Å². The molecule has 0 saturated heterocycles. The van der Waals surface area contributed by atoms with Gasteiger partial charge in [-0.05, 0) is 64.8 Å². The monoisotopic (exact) mass is 466 g/mol. The van der Waals surface area contributed by atoms with Crippen molar-refractivity contribution in [2.24, 2.45) is 11.5 Å². The van der Waals surface area contributed by atoms with Crippen LogP contribution in [0.3, 0.4) is 0 Å². The lowest BCUT2D eigenvalue weighted by Gasteiger charge is -2.15. The number of hydrogen-bond acceptors (Lipinski definition) is 6. The average molecular weight is 467 g/mol. The summed E-state index contributed by atoms with van der Waals surface area (Å²) in [4.78, 5) is 9.83. The minimum Gasteiger partial charge on any atom is -0.384 e. The smallest absolute Gasteiger partial charge is 0.0805 e. The second-order valence-electron chi connectivity index (χ2n) is 8.49. The predicted molar refractivity (Wildman–Crippen MR) is 145 cm³/mol. The zero-order chi connectivity index (χ0) is 22.5. The van der Waals surface area contributed by atoms with Crippen molar-refractivity contribution in [3.63, 3.8) is 0 Å². The molecule has 7 heteroatoms. The van der Waals surface area contributed by atoms with E-state index in [0.29, 0.717) is 0 Å². The first-order valence-electron chi connectivity index (χ1n) is 11.6. The third-order valence-corrected chi connectivity index (χ3v) is 5.90. The summed E-state index contributed by atoms with van der Waals surface area (Å²) in [6.45, 7) is 7.38. The topological polar surface area (TPSA) is 102 Å². The van der Waals surface area contributed by atoms with Gasteiger partial charge in [-0.3, -0.25) is 9.97 Å². The van der Waals surface area contributed by atoms with E-state index in [2.05, 4.69) is 60.9 Å². The maximum atomic E-state index is 5.64. The molecule has 0 atom stereocenters. The number of nitrogens with one attached hydrogen (secondary N) is 2. The van der Waals surface area contributed by atoms with Gasteiger partial charge in [-0.1, -0.05) is 24.3 Å². The van der Waals surface area contributed by atoms with Crippen molar-refractivity contribution >= 4 is 56.4 Å². The van der Waals surface area contributed by atoms with Crippen LogP contribution in [0, 0.1) is 13.8 Å². The molecule has 176 valence electrons. The standard InChI is InChI=1S/C26H34N6.ClH/c1-17-15-23(29-13-5-3-11-27)21-9-8-20-19(25(21)31-17)7-10-22-24(30-14-6-4-12-28)16-18(2)32-26(20)22;/h7-10,15-16H,3-6,11-14,27-28H2,1-2H3,(H,29,31)(H,30,32);1H. The van der Waals surface area contributed by atoms with Gasteiger partial charge in [0.1, 0.15) is 0 Å². The summed E-state index contributed by atoms with van der Waals surface area (Å²) in [7, 11) is 0. The number of benzene rings is 2. The fourth-order valence-electron chi connectivity index (χ4n) is 4.32. The SMILES string of the molecule is Cc1cc(NCCCCN)c2ccc3c(ccc4c(NCCCCN)cc(C)nc43)c2n1.Cl. The quantitative estimate of drug-likeness (QED) is 0.187. The molecule has 0 spiro atoms. The Balaban J connectivity index is 0.00000306. The fraction of sp³-hybridized carbons (Fsp3) is 0.385. The van der Waals surface area contributed by atoms with Crippen molar-refractivity contribution < 1.29 is 0 Å². The summed E-state index contributed by atoms with van der Waals surface area (Å²) in [6.07, 6.45) is 4.17. The molecule has 2 heterocycles. The van der Waals surface area contributed by atoms with Gasteiger partial charge in [-0.2, -0.15) is 0 Å². The third-order valence-electron chi connectivity index (χ3n) is 5.90. The number of aryl methyl sites for hydroxylation is 2. The normalized spacial score (nSPS) is 11.2. The Hall–Kier alpha value is -2.67. The molecule has 2 aromatic heterocycles. The lowest BCUT2D eigenvalue weighted by Crippen LogP contribution is -2.07. The van der Waals surface area contributed by atoms with Crippen molar-refractivity contribution in [2.75, 3.05) is 36.8 Å². The highest BCUT2D eigenvalue weighted by Crippen LogP contribution is 2.35. The maximum Gasteiger partial charge on any atom is 0.0805 e. The van der Waals surface area contributed by atoms with Gasteiger partial charge in [0.25, 0.3) is 0 Å². The van der Waals surface area contributed by atoms with Crippen LogP contribution in [0.2, 0.25) is 0 Å². The van der Waals surface area contributed by atoms with Gasteiger partial charge < -0.3 is 22.1 Å². The molecule has 0 bridgehead atoms. The van der Waals surface area contributed by atoms with Gasteiger partial charge in [0.2, 0.25) is 0 Å². The summed E-state index contributed by atoms with van der Waals surface area (Å²) >= 11 is 0. The molecule has 0 amide bonds. The second-order valence-corrected chi connectivity index (χ2v) is 8.49. The van der Waals surface area contributed by atoms with Crippen LogP contribution in [0.15, 0.2) is 36.4 Å². The Morgan fingerprint density at radius 3 is 1.42 bits per heavy atom. The van der Waals surface area contributed by atoms with E-state index in [1.807, 2.05) is 0 Å². The fourth-order valence-corrected chi connectivity index (χ4v) is 4.32. The van der Waals surface area contributed by atoms with E-state index >= 15 is 0 Å². The predicted octanol–water partition coefficient (Wildman–Crippen LogP) is 5.28. The highest BCUT2D eigenvalue weighted by molar-refractivity contribution is 6.18. The van der Waals surface area contributed by atoms with Crippen molar-refractivity contribution in [1.82, 2.24) is 9.97 Å². The number of pyridine rings is 2. The van der Waals surface area contributed by atoms with Gasteiger partial charge in [0.15, 0.2) is 0 Å². The lowest BCUT2D eigenvalue weighted by atomic mass is 10.0. The van der Waals surface area contributed by atoms with Gasteiger partial charge in [-0.25, -0.2) is 0 Å². The first kappa shape index (κ1) is 25.0. The van der Waals surface area contributed by atoms with Gasteiger partial charge >= 0.3 is 0 Å². The van der Waals surface area contributed by atoms with E-state index in [0.717, 1.165) is 107 Å². The molecule has 4 rings (SSSR count). The molecule has 0 saturated carbocycles. The Bertz CT molecular complexity index is 1140. The molecule has 0 fully saturated rings. The lowest BCUT2D eigenvalue weighted by molar-refractivity contribution is 0.774. The van der Waals surface area contributed by atoms with E-state index in [1.54, 1.807) is 0 Å². The molecule has 6 N–H and O–H groups in total. The zero-order valence-corrected chi connectivity index (χ0v) is 20.4. The molecule has 0 unspecified atom stereocenters. The molecule has 33 heavy (non-hydrogen) atoms.